The van der Waals surface area contributed by atoms with E-state index < -0.39 is 6.10 Å². The number of carbonyl (C=O) groups is 2. The summed E-state index contributed by atoms with van der Waals surface area (Å²) in [7, 11) is 1.55. The molecule has 1 atom stereocenters. The minimum Gasteiger partial charge on any atom is -0.372 e. The van der Waals surface area contributed by atoms with E-state index in [4.69, 9.17) is 9.26 Å². The quantitative estimate of drug-likeness (QED) is 0.839. The van der Waals surface area contributed by atoms with Crippen LogP contribution in [-0.2, 0) is 9.53 Å². The van der Waals surface area contributed by atoms with Crippen LogP contribution >= 0.6 is 0 Å². The Labute approximate surface area is 153 Å². The van der Waals surface area contributed by atoms with E-state index in [0.29, 0.717) is 17.4 Å². The maximum absolute atomic E-state index is 12.8. The predicted octanol–water partition coefficient (Wildman–Crippen LogP) is 2.09. The zero-order valence-electron chi connectivity index (χ0n) is 15.5. The van der Waals surface area contributed by atoms with Crippen molar-refractivity contribution in [2.45, 2.75) is 63.0 Å². The molecule has 26 heavy (non-hydrogen) atoms. The van der Waals surface area contributed by atoms with Gasteiger partial charge in [0, 0.05) is 31.7 Å². The van der Waals surface area contributed by atoms with Gasteiger partial charge in [0.05, 0.1) is 5.69 Å². The van der Waals surface area contributed by atoms with Gasteiger partial charge in [0.15, 0.2) is 0 Å². The van der Waals surface area contributed by atoms with Crippen molar-refractivity contribution < 1.29 is 18.8 Å². The number of rotatable bonds is 6. The van der Waals surface area contributed by atoms with Crippen LogP contribution in [0.3, 0.4) is 0 Å². The zero-order valence-corrected chi connectivity index (χ0v) is 15.5. The molecule has 0 spiro atoms. The maximum Gasteiger partial charge on any atom is 0.259 e. The van der Waals surface area contributed by atoms with Gasteiger partial charge in [0.2, 0.25) is 5.91 Å². The first-order valence-corrected chi connectivity index (χ1v) is 9.62. The van der Waals surface area contributed by atoms with Crippen molar-refractivity contribution in [1.82, 2.24) is 15.4 Å². The minimum atomic E-state index is -0.427. The molecule has 1 aromatic heterocycles. The first-order valence-electron chi connectivity index (χ1n) is 9.62. The summed E-state index contributed by atoms with van der Waals surface area (Å²) in [6.07, 6.45) is 7.12. The lowest BCUT2D eigenvalue weighted by Crippen LogP contribution is -2.50. The molecule has 1 aromatic rings. The second-order valence-electron chi connectivity index (χ2n) is 7.98. The molecule has 0 bridgehead atoms. The van der Waals surface area contributed by atoms with E-state index in [9.17, 15) is 9.59 Å². The van der Waals surface area contributed by atoms with Crippen molar-refractivity contribution in [3.8, 4) is 0 Å². The molecule has 7 heteroatoms. The Bertz CT molecular complexity index is 685. The van der Waals surface area contributed by atoms with Crippen LogP contribution < -0.4 is 5.32 Å². The van der Waals surface area contributed by atoms with Crippen LogP contribution in [0.15, 0.2) is 10.8 Å². The molecular formula is C19H27N3O4. The molecule has 0 radical (unpaired) electrons. The van der Waals surface area contributed by atoms with Gasteiger partial charge in [-0.15, -0.1) is 0 Å². The van der Waals surface area contributed by atoms with E-state index in [2.05, 4.69) is 10.5 Å². The number of nitrogens with zero attached hydrogens (tertiary/aromatic N) is 2. The molecule has 2 amide bonds. The first-order chi connectivity index (χ1) is 12.5. The van der Waals surface area contributed by atoms with Gasteiger partial charge in [-0.2, -0.15) is 0 Å². The second-order valence-corrected chi connectivity index (χ2v) is 7.98. The van der Waals surface area contributed by atoms with Gasteiger partial charge in [-0.3, -0.25) is 9.59 Å². The molecule has 142 valence electrons. The number of hydrogen-bond acceptors (Lipinski definition) is 5. The molecule has 1 N–H and O–H groups in total. The lowest BCUT2D eigenvalue weighted by atomic mass is 9.86. The molecule has 3 fully saturated rings. The summed E-state index contributed by atoms with van der Waals surface area (Å²) in [6, 6.07) is 0. The number of amides is 2. The Kier molecular flexibility index (Phi) is 4.50. The number of hydrogen-bond donors (Lipinski definition) is 1. The summed E-state index contributed by atoms with van der Waals surface area (Å²) in [5, 5.41) is 7.23. The van der Waals surface area contributed by atoms with Gasteiger partial charge < -0.3 is 19.5 Å². The van der Waals surface area contributed by atoms with E-state index in [1.54, 1.807) is 14.0 Å². The Morgan fingerprint density at radius 3 is 2.58 bits per heavy atom. The summed E-state index contributed by atoms with van der Waals surface area (Å²) >= 11 is 0. The van der Waals surface area contributed by atoms with Crippen molar-refractivity contribution in [3.63, 3.8) is 0 Å². The largest absolute Gasteiger partial charge is 0.372 e. The Morgan fingerprint density at radius 1 is 1.31 bits per heavy atom. The Hall–Kier alpha value is -1.89. The molecule has 0 aromatic carbocycles. The lowest BCUT2D eigenvalue weighted by molar-refractivity contribution is -0.131. The number of piperidine rings is 1. The van der Waals surface area contributed by atoms with Crippen LogP contribution in [0.25, 0.3) is 0 Å². The Morgan fingerprint density at radius 2 is 2.00 bits per heavy atom. The summed E-state index contributed by atoms with van der Waals surface area (Å²) in [5.41, 5.74) is 1.38. The maximum atomic E-state index is 12.8. The van der Waals surface area contributed by atoms with Crippen molar-refractivity contribution in [2.24, 2.45) is 5.92 Å². The van der Waals surface area contributed by atoms with Crippen LogP contribution in [-0.4, -0.2) is 53.7 Å². The number of aromatic nitrogens is 1. The van der Waals surface area contributed by atoms with E-state index in [1.807, 2.05) is 4.90 Å². The molecule has 2 heterocycles. The third-order valence-corrected chi connectivity index (χ3v) is 6.24. The van der Waals surface area contributed by atoms with Crippen molar-refractivity contribution in [3.05, 3.63) is 17.5 Å². The molecule has 1 aliphatic heterocycles. The van der Waals surface area contributed by atoms with Crippen LogP contribution in [0.4, 0.5) is 0 Å². The average Bonchev–Trinajstić information content (AvgIpc) is 3.60. The van der Waals surface area contributed by atoms with Gasteiger partial charge in [-0.1, -0.05) is 5.16 Å². The minimum absolute atomic E-state index is 0.0356. The van der Waals surface area contributed by atoms with E-state index >= 15 is 0 Å². The van der Waals surface area contributed by atoms with E-state index in [1.165, 1.54) is 6.26 Å². The van der Waals surface area contributed by atoms with Gasteiger partial charge in [-0.25, -0.2) is 0 Å². The second kappa shape index (κ2) is 6.68. The fourth-order valence-corrected chi connectivity index (χ4v) is 4.09. The first kappa shape index (κ1) is 17.5. The van der Waals surface area contributed by atoms with Crippen LogP contribution in [0.2, 0.25) is 0 Å². The van der Waals surface area contributed by atoms with Crippen molar-refractivity contribution >= 4 is 11.8 Å². The van der Waals surface area contributed by atoms with Gasteiger partial charge >= 0.3 is 0 Å². The summed E-state index contributed by atoms with van der Waals surface area (Å²) in [4.78, 5) is 26.9. The molecule has 2 saturated carbocycles. The number of carbonyl (C=O) groups excluding carboxylic acids is 2. The normalized spacial score (nSPS) is 23.5. The van der Waals surface area contributed by atoms with Crippen molar-refractivity contribution in [2.75, 3.05) is 20.2 Å². The number of methoxy groups -OCH3 is 1. The average molecular weight is 361 g/mol. The topological polar surface area (TPSA) is 84.7 Å². The molecule has 1 saturated heterocycles. The molecule has 7 nitrogen and oxygen atoms in total. The van der Waals surface area contributed by atoms with Crippen molar-refractivity contribution in [1.29, 1.82) is 0 Å². The standard InChI is InChI=1S/C19H27N3O4/c1-12(25-2)17(23)20-19(7-8-19)14-5-9-22(10-6-14)18(24)15-11-26-21-16(15)13-3-4-13/h11-14H,3-10H2,1-2H3,(H,20,23). The predicted molar refractivity (Wildman–Crippen MR) is 93.7 cm³/mol. The summed E-state index contributed by atoms with van der Waals surface area (Å²) < 4.78 is 10.2. The van der Waals surface area contributed by atoms with Crippen LogP contribution in [0.5, 0.6) is 0 Å². The number of nitrogens with one attached hydrogen (secondary N) is 1. The fourth-order valence-electron chi connectivity index (χ4n) is 4.09. The third kappa shape index (κ3) is 3.24. The number of ether oxygens (including phenoxy) is 1. The molecule has 1 unspecified atom stereocenters. The van der Waals surface area contributed by atoms with Gasteiger partial charge in [0.25, 0.3) is 5.91 Å². The van der Waals surface area contributed by atoms with E-state index in [-0.39, 0.29) is 17.4 Å². The number of likely N-dealkylation sites (tertiary alicyclic amines) is 1. The molecule has 4 rings (SSSR count). The van der Waals surface area contributed by atoms with Crippen LogP contribution in [0.1, 0.15) is 67.4 Å². The highest BCUT2D eigenvalue weighted by Crippen LogP contribution is 2.47. The molecule has 3 aliphatic rings. The Balaban J connectivity index is 1.35. The smallest absolute Gasteiger partial charge is 0.259 e. The van der Waals surface area contributed by atoms with Crippen LogP contribution in [0, 0.1) is 5.92 Å². The fraction of sp³-hybridized carbons (Fsp3) is 0.737. The van der Waals surface area contributed by atoms with Gasteiger partial charge in [-0.05, 0) is 51.4 Å². The molecule has 2 aliphatic carbocycles. The summed E-state index contributed by atoms with van der Waals surface area (Å²) in [5.74, 6) is 0.818. The highest BCUT2D eigenvalue weighted by molar-refractivity contribution is 5.95. The highest BCUT2D eigenvalue weighted by Gasteiger charge is 2.51. The van der Waals surface area contributed by atoms with Gasteiger partial charge in [0.1, 0.15) is 17.9 Å². The third-order valence-electron chi connectivity index (χ3n) is 6.24. The molecular weight excluding hydrogens is 334 g/mol. The van der Waals surface area contributed by atoms with E-state index in [0.717, 1.165) is 57.3 Å². The lowest BCUT2D eigenvalue weighted by Gasteiger charge is -2.37. The monoisotopic (exact) mass is 361 g/mol. The zero-order chi connectivity index (χ0) is 18.3. The SMILES string of the molecule is COC(C)C(=O)NC1(C2CCN(C(=O)c3conc3C3CC3)CC2)CC1. The highest BCUT2D eigenvalue weighted by atomic mass is 16.5. The summed E-state index contributed by atoms with van der Waals surface area (Å²) in [6.45, 7) is 3.20.